The lowest BCUT2D eigenvalue weighted by molar-refractivity contribution is 0.383. The summed E-state index contributed by atoms with van der Waals surface area (Å²) in [5.41, 5.74) is 2.80. The predicted octanol–water partition coefficient (Wildman–Crippen LogP) is 6.29. The van der Waals surface area contributed by atoms with Gasteiger partial charge in [0.05, 0.1) is 30.6 Å². The molecule has 0 saturated carbocycles. The van der Waals surface area contributed by atoms with Crippen LogP contribution in [0.5, 0.6) is 0 Å². The van der Waals surface area contributed by atoms with Crippen LogP contribution in [0.3, 0.4) is 0 Å². The van der Waals surface area contributed by atoms with E-state index in [2.05, 4.69) is 39.0 Å². The molecule has 0 bridgehead atoms. The number of aromatic nitrogens is 4. The number of nitrogens with zero attached hydrogens (tertiary/aromatic N) is 4. The first-order chi connectivity index (χ1) is 17.2. The minimum Gasteiger partial charge on any atom is -0.482 e. The maximum absolute atomic E-state index is 12.4. The number of H-pyrrole nitrogens is 2. The summed E-state index contributed by atoms with van der Waals surface area (Å²) in [5, 5.41) is 8.97. The molecule has 4 aromatic rings. The van der Waals surface area contributed by atoms with Gasteiger partial charge in [-0.3, -0.25) is 4.57 Å². The molecular weight excluding hydrogens is 440 g/mol. The van der Waals surface area contributed by atoms with Crippen molar-refractivity contribution in [3.63, 3.8) is 0 Å². The molecule has 4 rings (SSSR count). The summed E-state index contributed by atoms with van der Waals surface area (Å²) < 4.78 is 6.80. The van der Waals surface area contributed by atoms with Gasteiger partial charge in [-0.2, -0.15) is 5.10 Å². The third-order valence-electron chi connectivity index (χ3n) is 5.25. The first-order valence-electron chi connectivity index (χ1n) is 12.4. The van der Waals surface area contributed by atoms with E-state index in [1.807, 2.05) is 50.2 Å². The van der Waals surface area contributed by atoms with Crippen molar-refractivity contribution >= 4 is 34.2 Å². The molecule has 3 heterocycles. The van der Waals surface area contributed by atoms with E-state index in [4.69, 9.17) is 4.74 Å². The Morgan fingerprint density at radius 1 is 1.09 bits per heavy atom. The first kappa shape index (κ1) is 27.6. The van der Waals surface area contributed by atoms with Crippen LogP contribution in [-0.4, -0.2) is 38.7 Å². The van der Waals surface area contributed by atoms with Crippen LogP contribution >= 0.6 is 0 Å². The molecule has 0 aliphatic carbocycles. The molecule has 0 spiro atoms. The van der Waals surface area contributed by atoms with Crippen molar-refractivity contribution in [2.45, 2.75) is 66.3 Å². The van der Waals surface area contributed by atoms with Crippen LogP contribution in [0.15, 0.2) is 63.8 Å². The molecular formula is C27H38N6O2. The zero-order valence-electron chi connectivity index (χ0n) is 21.5. The monoisotopic (exact) mass is 478 g/mol. The zero-order chi connectivity index (χ0) is 25.5. The number of hydrogen-bond donors (Lipinski definition) is 2. The summed E-state index contributed by atoms with van der Waals surface area (Å²) in [5.74, 6) is 0.314. The van der Waals surface area contributed by atoms with E-state index >= 15 is 0 Å². The highest BCUT2D eigenvalue weighted by molar-refractivity contribution is 6.01. The average molecular weight is 479 g/mol. The SMILES string of the molecule is CC.CCCCCCC.CO/C(Cn1c(=O)[nH]c2c3cc[nH]c3ncc21)=N\N=C\c1ccccc1. The molecule has 1 aromatic carbocycles. The fraction of sp³-hybridized carbons (Fsp3) is 0.407. The molecule has 0 fully saturated rings. The Kier molecular flexibility index (Phi) is 12.0. The van der Waals surface area contributed by atoms with E-state index in [1.165, 1.54) is 43.8 Å². The molecule has 0 aliphatic rings. The summed E-state index contributed by atoms with van der Waals surface area (Å²) in [4.78, 5) is 22.6. The second kappa shape index (κ2) is 15.3. The number of aromatic amines is 2. The number of pyridine rings is 1. The van der Waals surface area contributed by atoms with Crippen molar-refractivity contribution < 1.29 is 4.74 Å². The maximum atomic E-state index is 12.4. The standard InChI is InChI=1S/C18H16N6O2.C7H16.C2H6/c1-26-15(23-21-9-12-5-3-2-4-6-12)11-24-14-10-20-17-13(7-8-19-17)16(14)22-18(24)25;1-3-5-7-6-4-2;1-2/h2-10H,11H2,1H3,(H,19,20)(H,22,25);3-7H2,1-2H3;1-2H3/b21-9+,23-15-;;. The van der Waals surface area contributed by atoms with E-state index in [9.17, 15) is 4.79 Å². The Balaban J connectivity index is 0.000000416. The Labute approximate surface area is 207 Å². The zero-order valence-corrected chi connectivity index (χ0v) is 21.5. The largest absolute Gasteiger partial charge is 0.482 e. The van der Waals surface area contributed by atoms with E-state index in [1.54, 1.807) is 18.6 Å². The van der Waals surface area contributed by atoms with E-state index in [0.29, 0.717) is 11.4 Å². The van der Waals surface area contributed by atoms with Gasteiger partial charge < -0.3 is 14.7 Å². The van der Waals surface area contributed by atoms with E-state index in [0.717, 1.165) is 22.1 Å². The number of fused-ring (bicyclic) bond motifs is 3. The minimum absolute atomic E-state index is 0.152. The smallest absolute Gasteiger partial charge is 0.327 e. The molecule has 0 aliphatic heterocycles. The van der Waals surface area contributed by atoms with Gasteiger partial charge in [-0.25, -0.2) is 9.78 Å². The summed E-state index contributed by atoms with van der Waals surface area (Å²) in [6.07, 6.45) is 12.1. The fourth-order valence-electron chi connectivity index (χ4n) is 3.42. The van der Waals surface area contributed by atoms with Gasteiger partial charge in [-0.05, 0) is 11.6 Å². The molecule has 2 N–H and O–H groups in total. The molecule has 8 nitrogen and oxygen atoms in total. The number of unbranched alkanes of at least 4 members (excludes halogenated alkanes) is 4. The number of rotatable bonds is 8. The number of hydrogen-bond acceptors (Lipinski definition) is 5. The Bertz CT molecular complexity index is 1250. The van der Waals surface area contributed by atoms with Crippen molar-refractivity contribution in [3.8, 4) is 0 Å². The Morgan fingerprint density at radius 2 is 1.80 bits per heavy atom. The van der Waals surface area contributed by atoms with Crippen molar-refractivity contribution in [3.05, 3.63) is 64.8 Å². The van der Waals surface area contributed by atoms with Crippen molar-refractivity contribution in [1.29, 1.82) is 0 Å². The normalized spacial score (nSPS) is 11.3. The lowest BCUT2D eigenvalue weighted by Gasteiger charge is -2.04. The first-order valence-corrected chi connectivity index (χ1v) is 12.4. The summed E-state index contributed by atoms with van der Waals surface area (Å²) in [6.45, 7) is 8.64. The summed E-state index contributed by atoms with van der Waals surface area (Å²) in [6, 6.07) is 11.5. The fourth-order valence-corrected chi connectivity index (χ4v) is 3.42. The number of methoxy groups -OCH3 is 1. The molecule has 0 amide bonds. The van der Waals surface area contributed by atoms with Crippen LogP contribution in [-0.2, 0) is 11.3 Å². The molecule has 35 heavy (non-hydrogen) atoms. The van der Waals surface area contributed by atoms with Crippen LogP contribution < -0.4 is 5.69 Å². The highest BCUT2D eigenvalue weighted by atomic mass is 16.5. The summed E-state index contributed by atoms with van der Waals surface area (Å²) in [7, 11) is 1.50. The molecule has 188 valence electrons. The lowest BCUT2D eigenvalue weighted by Crippen LogP contribution is -2.22. The topological polar surface area (TPSA) is 100 Å². The van der Waals surface area contributed by atoms with Gasteiger partial charge in [-0.1, -0.05) is 90.1 Å². The van der Waals surface area contributed by atoms with E-state index in [-0.39, 0.29) is 12.2 Å². The maximum Gasteiger partial charge on any atom is 0.327 e. The van der Waals surface area contributed by atoms with E-state index < -0.39 is 0 Å². The average Bonchev–Trinajstić information content (AvgIpc) is 3.50. The highest BCUT2D eigenvalue weighted by Crippen LogP contribution is 2.19. The third kappa shape index (κ3) is 7.95. The van der Waals surface area contributed by atoms with Gasteiger partial charge in [0.2, 0.25) is 5.90 Å². The van der Waals surface area contributed by atoms with Crippen LogP contribution in [0.1, 0.15) is 65.4 Å². The molecule has 0 unspecified atom stereocenters. The number of ether oxygens (including phenoxy) is 1. The number of imidazole rings is 1. The number of nitrogens with one attached hydrogen (secondary N) is 2. The van der Waals surface area contributed by atoms with Crippen LogP contribution in [0, 0.1) is 0 Å². The van der Waals surface area contributed by atoms with Gasteiger partial charge in [0.15, 0.2) is 0 Å². The Morgan fingerprint density at radius 3 is 2.46 bits per heavy atom. The molecule has 0 saturated heterocycles. The molecule has 0 atom stereocenters. The lowest BCUT2D eigenvalue weighted by atomic mass is 10.2. The minimum atomic E-state index is -0.257. The van der Waals surface area contributed by atoms with Gasteiger partial charge in [0.25, 0.3) is 0 Å². The molecule has 0 radical (unpaired) electrons. The van der Waals surface area contributed by atoms with Crippen molar-refractivity contribution in [2.24, 2.45) is 10.2 Å². The van der Waals surface area contributed by atoms with Crippen LogP contribution in [0.2, 0.25) is 0 Å². The van der Waals surface area contributed by atoms with Gasteiger partial charge in [0.1, 0.15) is 12.2 Å². The highest BCUT2D eigenvalue weighted by Gasteiger charge is 2.13. The van der Waals surface area contributed by atoms with Crippen LogP contribution in [0.25, 0.3) is 22.1 Å². The molecule has 3 aromatic heterocycles. The summed E-state index contributed by atoms with van der Waals surface area (Å²) >= 11 is 0. The molecule has 8 heteroatoms. The number of benzene rings is 1. The second-order valence-corrected chi connectivity index (χ2v) is 7.69. The van der Waals surface area contributed by atoms with Gasteiger partial charge in [-0.15, -0.1) is 5.10 Å². The Hall–Kier alpha value is -3.68. The third-order valence-corrected chi connectivity index (χ3v) is 5.25. The predicted molar refractivity (Wildman–Crippen MR) is 146 cm³/mol. The second-order valence-electron chi connectivity index (χ2n) is 7.69. The van der Waals surface area contributed by atoms with Crippen molar-refractivity contribution in [1.82, 2.24) is 19.5 Å². The quantitative estimate of drug-likeness (QED) is 0.135. The van der Waals surface area contributed by atoms with Gasteiger partial charge in [0, 0.05) is 11.6 Å². The van der Waals surface area contributed by atoms with Crippen molar-refractivity contribution in [2.75, 3.05) is 7.11 Å². The van der Waals surface area contributed by atoms with Crippen LogP contribution in [0.4, 0.5) is 0 Å². The van der Waals surface area contributed by atoms with Gasteiger partial charge >= 0.3 is 5.69 Å².